The highest BCUT2D eigenvalue weighted by Gasteiger charge is 2.35. The summed E-state index contributed by atoms with van der Waals surface area (Å²) in [6, 6.07) is 14.0. The highest BCUT2D eigenvalue weighted by Crippen LogP contribution is 2.25. The molecule has 2 aromatic rings. The molecule has 2 aromatic carbocycles. The second kappa shape index (κ2) is 6.28. The molecule has 3 amide bonds. The van der Waals surface area contributed by atoms with Crippen LogP contribution in [0.4, 0.5) is 0 Å². The summed E-state index contributed by atoms with van der Waals surface area (Å²) < 4.78 is 0. The Hall–Kier alpha value is -2.95. The van der Waals surface area contributed by atoms with E-state index in [4.69, 9.17) is 0 Å². The molecule has 0 unspecified atom stereocenters. The summed E-state index contributed by atoms with van der Waals surface area (Å²) in [5, 5.41) is 2.78. The largest absolute Gasteiger partial charge is 0.350 e. The van der Waals surface area contributed by atoms with Gasteiger partial charge in [0.1, 0.15) is 0 Å². The van der Waals surface area contributed by atoms with Gasteiger partial charge in [-0.2, -0.15) is 0 Å². The Morgan fingerprint density at radius 2 is 1.67 bits per heavy atom. The zero-order chi connectivity index (χ0) is 17.3. The van der Waals surface area contributed by atoms with Crippen LogP contribution in [-0.4, -0.2) is 28.7 Å². The molecule has 0 aliphatic carbocycles. The fourth-order valence-electron chi connectivity index (χ4n) is 2.69. The molecule has 122 valence electrons. The third kappa shape index (κ3) is 2.93. The average molecular weight is 322 g/mol. The topological polar surface area (TPSA) is 66.5 Å². The first kappa shape index (κ1) is 15.9. The minimum absolute atomic E-state index is 0.00216. The number of carbonyl (C=O) groups is 3. The fraction of sp³-hybridized carbons (Fsp3) is 0.211. The van der Waals surface area contributed by atoms with Crippen LogP contribution in [0.25, 0.3) is 0 Å². The Morgan fingerprint density at radius 1 is 1.00 bits per heavy atom. The third-order valence-corrected chi connectivity index (χ3v) is 3.84. The SMILES string of the molecule is CC(C)NC(=O)c1ccc2c(c1)C(=O)N(Cc1ccccc1)C2=O. The molecule has 1 aliphatic rings. The van der Waals surface area contributed by atoms with Crippen molar-refractivity contribution in [3.8, 4) is 0 Å². The van der Waals surface area contributed by atoms with Gasteiger partial charge in [0, 0.05) is 11.6 Å². The van der Waals surface area contributed by atoms with Crippen molar-refractivity contribution in [2.24, 2.45) is 0 Å². The minimum atomic E-state index is -0.363. The summed E-state index contributed by atoms with van der Waals surface area (Å²) in [5.74, 6) is -0.942. The van der Waals surface area contributed by atoms with Gasteiger partial charge in [-0.05, 0) is 37.6 Å². The van der Waals surface area contributed by atoms with E-state index in [2.05, 4.69) is 5.32 Å². The van der Waals surface area contributed by atoms with Crippen LogP contribution in [0.1, 0.15) is 50.5 Å². The molecule has 0 spiro atoms. The molecule has 3 rings (SSSR count). The predicted molar refractivity (Wildman–Crippen MR) is 89.7 cm³/mol. The number of hydrogen-bond donors (Lipinski definition) is 1. The Morgan fingerprint density at radius 3 is 2.33 bits per heavy atom. The van der Waals surface area contributed by atoms with E-state index in [1.54, 1.807) is 12.1 Å². The van der Waals surface area contributed by atoms with Gasteiger partial charge in [-0.25, -0.2) is 0 Å². The smallest absolute Gasteiger partial charge is 0.261 e. The van der Waals surface area contributed by atoms with E-state index < -0.39 is 0 Å². The molecule has 1 N–H and O–H groups in total. The monoisotopic (exact) mass is 322 g/mol. The number of imide groups is 1. The molecule has 0 fully saturated rings. The molecule has 0 aromatic heterocycles. The number of carbonyl (C=O) groups excluding carboxylic acids is 3. The predicted octanol–water partition coefficient (Wildman–Crippen LogP) is 2.62. The first-order chi connectivity index (χ1) is 11.5. The summed E-state index contributed by atoms with van der Waals surface area (Å²) in [6.45, 7) is 3.95. The maximum atomic E-state index is 12.6. The van der Waals surface area contributed by atoms with E-state index in [1.807, 2.05) is 44.2 Å². The molecule has 0 saturated carbocycles. The van der Waals surface area contributed by atoms with Crippen molar-refractivity contribution in [1.82, 2.24) is 10.2 Å². The number of rotatable bonds is 4. The molecule has 5 nitrogen and oxygen atoms in total. The minimum Gasteiger partial charge on any atom is -0.350 e. The Kier molecular flexibility index (Phi) is 4.16. The molecule has 1 aliphatic heterocycles. The lowest BCUT2D eigenvalue weighted by atomic mass is 10.1. The van der Waals surface area contributed by atoms with Crippen LogP contribution < -0.4 is 5.32 Å². The number of amides is 3. The van der Waals surface area contributed by atoms with Gasteiger partial charge < -0.3 is 5.32 Å². The Balaban J connectivity index is 1.87. The maximum absolute atomic E-state index is 12.6. The van der Waals surface area contributed by atoms with E-state index in [-0.39, 0.29) is 35.9 Å². The highest BCUT2D eigenvalue weighted by atomic mass is 16.2. The van der Waals surface area contributed by atoms with Crippen LogP contribution in [-0.2, 0) is 6.54 Å². The van der Waals surface area contributed by atoms with Gasteiger partial charge >= 0.3 is 0 Å². The fourth-order valence-corrected chi connectivity index (χ4v) is 2.69. The van der Waals surface area contributed by atoms with Crippen molar-refractivity contribution in [2.45, 2.75) is 26.4 Å². The second-order valence-electron chi connectivity index (χ2n) is 6.07. The van der Waals surface area contributed by atoms with Crippen LogP contribution in [0.2, 0.25) is 0 Å². The summed E-state index contributed by atoms with van der Waals surface area (Å²) in [5.41, 5.74) is 1.89. The molecule has 1 heterocycles. The van der Waals surface area contributed by atoms with Crippen molar-refractivity contribution >= 4 is 17.7 Å². The van der Waals surface area contributed by atoms with Gasteiger partial charge in [0.25, 0.3) is 17.7 Å². The molecular formula is C19H18N2O3. The van der Waals surface area contributed by atoms with Crippen LogP contribution in [0, 0.1) is 0 Å². The molecule has 0 bridgehead atoms. The van der Waals surface area contributed by atoms with Crippen LogP contribution in [0.3, 0.4) is 0 Å². The lowest BCUT2D eigenvalue weighted by Crippen LogP contribution is -2.30. The summed E-state index contributed by atoms with van der Waals surface area (Å²) >= 11 is 0. The number of hydrogen-bond acceptors (Lipinski definition) is 3. The van der Waals surface area contributed by atoms with E-state index in [1.165, 1.54) is 11.0 Å². The van der Waals surface area contributed by atoms with Crippen LogP contribution in [0.5, 0.6) is 0 Å². The van der Waals surface area contributed by atoms with Crippen LogP contribution in [0.15, 0.2) is 48.5 Å². The second-order valence-corrected chi connectivity index (χ2v) is 6.07. The van der Waals surface area contributed by atoms with E-state index >= 15 is 0 Å². The van der Waals surface area contributed by atoms with Gasteiger partial charge in [-0.3, -0.25) is 19.3 Å². The van der Waals surface area contributed by atoms with Crippen molar-refractivity contribution in [2.75, 3.05) is 0 Å². The number of fused-ring (bicyclic) bond motifs is 1. The van der Waals surface area contributed by atoms with E-state index in [9.17, 15) is 14.4 Å². The quantitative estimate of drug-likeness (QED) is 0.880. The molecule has 24 heavy (non-hydrogen) atoms. The molecule has 0 radical (unpaired) electrons. The van der Waals surface area contributed by atoms with Crippen molar-refractivity contribution in [3.63, 3.8) is 0 Å². The van der Waals surface area contributed by atoms with Gasteiger partial charge in [0.05, 0.1) is 17.7 Å². The van der Waals surface area contributed by atoms with Gasteiger partial charge in [0.15, 0.2) is 0 Å². The lowest BCUT2D eigenvalue weighted by molar-refractivity contribution is 0.0642. The summed E-state index contributed by atoms with van der Waals surface area (Å²) in [6.07, 6.45) is 0. The van der Waals surface area contributed by atoms with Crippen molar-refractivity contribution in [3.05, 3.63) is 70.8 Å². The third-order valence-electron chi connectivity index (χ3n) is 3.84. The maximum Gasteiger partial charge on any atom is 0.261 e. The van der Waals surface area contributed by atoms with Gasteiger partial charge in [0.2, 0.25) is 0 Å². The van der Waals surface area contributed by atoms with Gasteiger partial charge in [-0.15, -0.1) is 0 Å². The van der Waals surface area contributed by atoms with Gasteiger partial charge in [-0.1, -0.05) is 30.3 Å². The van der Waals surface area contributed by atoms with Crippen LogP contribution >= 0.6 is 0 Å². The van der Waals surface area contributed by atoms with Crippen molar-refractivity contribution < 1.29 is 14.4 Å². The lowest BCUT2D eigenvalue weighted by Gasteiger charge is -2.13. The van der Waals surface area contributed by atoms with Crippen molar-refractivity contribution in [1.29, 1.82) is 0 Å². The number of benzene rings is 2. The zero-order valence-corrected chi connectivity index (χ0v) is 13.6. The molecule has 5 heteroatoms. The number of nitrogens with one attached hydrogen (secondary N) is 1. The van der Waals surface area contributed by atoms with E-state index in [0.29, 0.717) is 11.1 Å². The first-order valence-corrected chi connectivity index (χ1v) is 7.82. The first-order valence-electron chi connectivity index (χ1n) is 7.82. The normalized spacial score (nSPS) is 13.4. The molecule has 0 saturated heterocycles. The standard InChI is InChI=1S/C19H18N2O3/c1-12(2)20-17(22)14-8-9-15-16(10-14)19(24)21(18(15)23)11-13-6-4-3-5-7-13/h3-10,12H,11H2,1-2H3,(H,20,22). The number of nitrogens with zero attached hydrogens (tertiary/aromatic N) is 1. The Bertz CT molecular complexity index is 813. The Labute approximate surface area is 140 Å². The summed E-state index contributed by atoms with van der Waals surface area (Å²) in [4.78, 5) is 38.4. The zero-order valence-electron chi connectivity index (χ0n) is 13.6. The average Bonchev–Trinajstić information content (AvgIpc) is 2.80. The molecular weight excluding hydrogens is 304 g/mol. The van der Waals surface area contributed by atoms with E-state index in [0.717, 1.165) is 5.56 Å². The molecule has 0 atom stereocenters. The summed E-state index contributed by atoms with van der Waals surface area (Å²) in [7, 11) is 0. The highest BCUT2D eigenvalue weighted by molar-refractivity contribution is 6.22.